The van der Waals surface area contributed by atoms with Gasteiger partial charge in [-0.05, 0) is 39.4 Å². The van der Waals surface area contributed by atoms with Gasteiger partial charge in [-0.15, -0.1) is 0 Å². The minimum atomic E-state index is -0.292. The van der Waals surface area contributed by atoms with Gasteiger partial charge in [-0.25, -0.2) is 5.10 Å². The van der Waals surface area contributed by atoms with E-state index >= 15 is 0 Å². The predicted octanol–water partition coefficient (Wildman–Crippen LogP) is 0.326. The Bertz CT molecular complexity index is 477. The first-order valence-electron chi connectivity index (χ1n) is 6.59. The molecule has 1 atom stereocenters. The van der Waals surface area contributed by atoms with Crippen LogP contribution in [0, 0.1) is 0 Å². The number of likely N-dealkylation sites (tertiary alicyclic amines) is 1. The van der Waals surface area contributed by atoms with E-state index in [0.717, 1.165) is 32.4 Å². The lowest BCUT2D eigenvalue weighted by atomic mass is 10.1. The summed E-state index contributed by atoms with van der Waals surface area (Å²) in [5, 5.41) is 6.10. The Labute approximate surface area is 112 Å². The fourth-order valence-corrected chi connectivity index (χ4v) is 2.42. The Morgan fingerprint density at radius 1 is 1.37 bits per heavy atom. The van der Waals surface area contributed by atoms with Gasteiger partial charge < -0.3 is 9.80 Å². The van der Waals surface area contributed by atoms with Crippen LogP contribution >= 0.6 is 0 Å². The third-order valence-electron chi connectivity index (χ3n) is 3.61. The molecule has 1 fully saturated rings. The topological polar surface area (TPSA) is 69.3 Å². The number of hydrogen-bond donors (Lipinski definition) is 1. The first-order valence-corrected chi connectivity index (χ1v) is 6.59. The lowest BCUT2D eigenvalue weighted by Crippen LogP contribution is -2.34. The summed E-state index contributed by atoms with van der Waals surface area (Å²) in [7, 11) is 4.15. The molecule has 19 heavy (non-hydrogen) atoms. The fourth-order valence-electron chi connectivity index (χ4n) is 2.42. The number of carbonyl (C=O) groups excluding carboxylic acids is 1. The summed E-state index contributed by atoms with van der Waals surface area (Å²) in [6, 6.07) is 3.34. The second-order valence-electron chi connectivity index (χ2n) is 5.15. The van der Waals surface area contributed by atoms with Crippen LogP contribution in [0.1, 0.15) is 29.8 Å². The molecule has 1 aromatic heterocycles. The number of rotatable bonds is 2. The molecule has 1 aliphatic heterocycles. The molecule has 6 nitrogen and oxygen atoms in total. The molecule has 0 spiro atoms. The zero-order valence-electron chi connectivity index (χ0n) is 11.4. The van der Waals surface area contributed by atoms with Crippen LogP contribution in [0.3, 0.4) is 0 Å². The monoisotopic (exact) mass is 264 g/mol. The van der Waals surface area contributed by atoms with Gasteiger partial charge in [0.05, 0.1) is 0 Å². The van der Waals surface area contributed by atoms with Gasteiger partial charge in [0.25, 0.3) is 11.5 Å². The molecule has 0 radical (unpaired) electrons. The summed E-state index contributed by atoms with van der Waals surface area (Å²) < 4.78 is 0. The van der Waals surface area contributed by atoms with Crippen molar-refractivity contribution in [1.29, 1.82) is 0 Å². The molecule has 1 saturated heterocycles. The highest BCUT2D eigenvalue weighted by molar-refractivity contribution is 5.92. The maximum absolute atomic E-state index is 12.3. The average molecular weight is 264 g/mol. The molecular formula is C13H20N4O2. The van der Waals surface area contributed by atoms with Gasteiger partial charge in [0, 0.05) is 25.2 Å². The first-order chi connectivity index (χ1) is 9.08. The number of hydrogen-bond acceptors (Lipinski definition) is 4. The second-order valence-corrected chi connectivity index (χ2v) is 5.15. The van der Waals surface area contributed by atoms with Crippen LogP contribution in [0.15, 0.2) is 16.9 Å². The maximum atomic E-state index is 12.3. The number of H-pyrrole nitrogens is 1. The molecule has 1 N–H and O–H groups in total. The number of amides is 1. The van der Waals surface area contributed by atoms with Gasteiger partial charge in [-0.3, -0.25) is 9.59 Å². The molecule has 0 saturated carbocycles. The number of carbonyl (C=O) groups is 1. The van der Waals surface area contributed by atoms with Crippen molar-refractivity contribution in [2.45, 2.75) is 25.3 Å². The van der Waals surface area contributed by atoms with Crippen LogP contribution in [0.2, 0.25) is 0 Å². The molecule has 1 amide bonds. The Balaban J connectivity index is 2.04. The molecule has 0 bridgehead atoms. The molecule has 2 rings (SSSR count). The lowest BCUT2D eigenvalue weighted by molar-refractivity contribution is 0.0751. The summed E-state index contributed by atoms with van der Waals surface area (Å²) in [6.07, 6.45) is 3.08. The van der Waals surface area contributed by atoms with Gasteiger partial charge in [-0.2, -0.15) is 5.10 Å². The summed E-state index contributed by atoms with van der Waals surface area (Å²) in [5.41, 5.74) is 0.0167. The largest absolute Gasteiger partial charge is 0.337 e. The van der Waals surface area contributed by atoms with Gasteiger partial charge in [0.1, 0.15) is 5.69 Å². The summed E-state index contributed by atoms with van der Waals surface area (Å²) in [4.78, 5) is 27.3. The molecular weight excluding hydrogens is 244 g/mol. The molecule has 0 aliphatic carbocycles. The Morgan fingerprint density at radius 3 is 2.79 bits per heavy atom. The molecule has 2 heterocycles. The zero-order valence-corrected chi connectivity index (χ0v) is 11.4. The molecule has 0 aromatic carbocycles. The van der Waals surface area contributed by atoms with Crippen molar-refractivity contribution < 1.29 is 4.79 Å². The highest BCUT2D eigenvalue weighted by Gasteiger charge is 2.23. The van der Waals surface area contributed by atoms with E-state index in [9.17, 15) is 9.59 Å². The van der Waals surface area contributed by atoms with Crippen molar-refractivity contribution in [3.63, 3.8) is 0 Å². The highest BCUT2D eigenvalue weighted by Crippen LogP contribution is 2.15. The van der Waals surface area contributed by atoms with E-state index < -0.39 is 0 Å². The van der Waals surface area contributed by atoms with Crippen LogP contribution in [0.4, 0.5) is 0 Å². The van der Waals surface area contributed by atoms with Crippen LogP contribution in [-0.2, 0) is 0 Å². The van der Waals surface area contributed by atoms with Crippen molar-refractivity contribution in [1.82, 2.24) is 20.0 Å². The summed E-state index contributed by atoms with van der Waals surface area (Å²) in [5.74, 6) is -0.101. The van der Waals surface area contributed by atoms with Gasteiger partial charge in [0.15, 0.2) is 0 Å². The smallest absolute Gasteiger partial charge is 0.274 e. The lowest BCUT2D eigenvalue weighted by Gasteiger charge is -2.23. The van der Waals surface area contributed by atoms with E-state index in [-0.39, 0.29) is 11.5 Å². The van der Waals surface area contributed by atoms with E-state index in [1.165, 1.54) is 12.1 Å². The van der Waals surface area contributed by atoms with Crippen molar-refractivity contribution in [2.75, 3.05) is 27.2 Å². The van der Waals surface area contributed by atoms with Gasteiger partial charge in [-0.1, -0.05) is 0 Å². The normalized spacial score (nSPS) is 20.4. The number of nitrogens with one attached hydrogen (secondary N) is 1. The van der Waals surface area contributed by atoms with E-state index in [0.29, 0.717) is 11.7 Å². The number of nitrogens with zero attached hydrogens (tertiary/aromatic N) is 3. The molecule has 1 unspecified atom stereocenters. The van der Waals surface area contributed by atoms with E-state index in [1.54, 1.807) is 0 Å². The van der Waals surface area contributed by atoms with E-state index in [1.807, 2.05) is 4.90 Å². The van der Waals surface area contributed by atoms with Gasteiger partial charge >= 0.3 is 0 Å². The summed E-state index contributed by atoms with van der Waals surface area (Å²) in [6.45, 7) is 1.49. The average Bonchev–Trinajstić information content (AvgIpc) is 2.64. The Hall–Kier alpha value is -1.69. The van der Waals surface area contributed by atoms with Crippen LogP contribution in [0.25, 0.3) is 0 Å². The van der Waals surface area contributed by atoms with Crippen LogP contribution < -0.4 is 5.56 Å². The van der Waals surface area contributed by atoms with E-state index in [2.05, 4.69) is 29.2 Å². The molecule has 1 aromatic rings. The Kier molecular flexibility index (Phi) is 4.31. The highest BCUT2D eigenvalue weighted by atomic mass is 16.2. The first kappa shape index (κ1) is 13.7. The third-order valence-corrected chi connectivity index (χ3v) is 3.61. The summed E-state index contributed by atoms with van der Waals surface area (Å²) >= 11 is 0. The molecule has 104 valence electrons. The predicted molar refractivity (Wildman–Crippen MR) is 72.1 cm³/mol. The second kappa shape index (κ2) is 5.97. The van der Waals surface area contributed by atoms with Crippen LogP contribution in [0.5, 0.6) is 0 Å². The van der Waals surface area contributed by atoms with Gasteiger partial charge in [0.2, 0.25) is 0 Å². The SMILES string of the molecule is CN(C)C1CCCN(C(=O)c2ccc(=O)[nH]n2)CC1. The quantitative estimate of drug-likeness (QED) is 0.835. The van der Waals surface area contributed by atoms with E-state index in [4.69, 9.17) is 0 Å². The van der Waals surface area contributed by atoms with Crippen LogP contribution in [-0.4, -0.2) is 59.1 Å². The Morgan fingerprint density at radius 2 is 2.16 bits per heavy atom. The van der Waals surface area contributed by atoms with Crippen molar-refractivity contribution in [3.05, 3.63) is 28.2 Å². The zero-order chi connectivity index (χ0) is 13.8. The van der Waals surface area contributed by atoms with Crippen molar-refractivity contribution in [2.24, 2.45) is 0 Å². The van der Waals surface area contributed by atoms with Crippen molar-refractivity contribution in [3.8, 4) is 0 Å². The molecule has 1 aliphatic rings. The molecule has 6 heteroatoms. The maximum Gasteiger partial charge on any atom is 0.274 e. The number of aromatic nitrogens is 2. The standard InChI is InChI=1S/C13H20N4O2/c1-16(2)10-4-3-8-17(9-7-10)13(19)11-5-6-12(18)15-14-11/h5-6,10H,3-4,7-9H2,1-2H3,(H,15,18). The van der Waals surface area contributed by atoms with Crippen molar-refractivity contribution >= 4 is 5.91 Å². The number of aromatic amines is 1. The minimum Gasteiger partial charge on any atom is -0.337 e. The fraction of sp³-hybridized carbons (Fsp3) is 0.615. The third kappa shape index (κ3) is 3.41. The minimum absolute atomic E-state index is 0.101.